The molecule has 0 spiro atoms. The summed E-state index contributed by atoms with van der Waals surface area (Å²) in [6, 6.07) is 3.88. The average molecular weight is 301 g/mol. The number of halogens is 1. The number of hydrogen-bond donors (Lipinski definition) is 0. The second-order valence-electron chi connectivity index (χ2n) is 3.75. The maximum absolute atomic E-state index is 12.0. The van der Waals surface area contributed by atoms with Gasteiger partial charge in [0.2, 0.25) is 0 Å². The van der Waals surface area contributed by atoms with Crippen LogP contribution in [0.5, 0.6) is 5.75 Å². The number of Topliss-reactive ketones (excluding diaryl/α,β-unsaturated/α-hetero) is 1. The molecular formula is C12H13BrO2S. The molecule has 0 amide bonds. The Morgan fingerprint density at radius 1 is 1.56 bits per heavy atom. The van der Waals surface area contributed by atoms with E-state index in [9.17, 15) is 4.79 Å². The molecule has 2 rings (SSSR count). The molecule has 1 heterocycles. The first-order valence-electron chi connectivity index (χ1n) is 5.23. The summed E-state index contributed by atoms with van der Waals surface area (Å²) in [4.78, 5) is 12.0. The quantitative estimate of drug-likeness (QED) is 0.831. The van der Waals surface area contributed by atoms with Crippen molar-refractivity contribution in [1.82, 2.24) is 0 Å². The third kappa shape index (κ3) is 2.28. The van der Waals surface area contributed by atoms with Gasteiger partial charge in [0.1, 0.15) is 5.75 Å². The molecule has 0 saturated carbocycles. The molecule has 0 aromatic heterocycles. The fraction of sp³-hybridized carbons (Fsp3) is 0.417. The third-order valence-electron chi connectivity index (χ3n) is 2.44. The van der Waals surface area contributed by atoms with E-state index in [-0.39, 0.29) is 11.2 Å². The fourth-order valence-corrected chi connectivity index (χ4v) is 3.24. The predicted molar refractivity (Wildman–Crippen MR) is 70.4 cm³/mol. The Labute approximate surface area is 108 Å². The highest BCUT2D eigenvalue weighted by Gasteiger charge is 2.28. The maximum Gasteiger partial charge on any atom is 0.171 e. The van der Waals surface area contributed by atoms with Gasteiger partial charge in [0, 0.05) is 0 Å². The highest BCUT2D eigenvalue weighted by molar-refractivity contribution is 9.10. The van der Waals surface area contributed by atoms with E-state index in [0.717, 1.165) is 15.8 Å². The lowest BCUT2D eigenvalue weighted by Crippen LogP contribution is -2.24. The lowest BCUT2D eigenvalue weighted by atomic mass is 10.0. The molecular weight excluding hydrogens is 288 g/mol. The molecule has 16 heavy (non-hydrogen) atoms. The molecule has 2 nitrogen and oxygen atoms in total. The molecule has 4 heteroatoms. The van der Waals surface area contributed by atoms with Crippen molar-refractivity contribution in [1.29, 1.82) is 0 Å². The molecule has 86 valence electrons. The summed E-state index contributed by atoms with van der Waals surface area (Å²) in [6.45, 7) is 4.05. The van der Waals surface area contributed by atoms with E-state index >= 15 is 0 Å². The normalized spacial score (nSPS) is 19.2. The molecule has 0 bridgehead atoms. The summed E-state index contributed by atoms with van der Waals surface area (Å²) in [5.74, 6) is 1.83. The number of ether oxygens (including phenoxy) is 1. The van der Waals surface area contributed by atoms with Crippen molar-refractivity contribution in [3.8, 4) is 5.75 Å². The second-order valence-corrected chi connectivity index (χ2v) is 6.04. The van der Waals surface area contributed by atoms with Gasteiger partial charge in [-0.05, 0) is 46.3 Å². The zero-order valence-electron chi connectivity index (χ0n) is 9.25. The van der Waals surface area contributed by atoms with E-state index in [4.69, 9.17) is 4.74 Å². The molecule has 0 N–H and O–H groups in total. The van der Waals surface area contributed by atoms with Gasteiger partial charge < -0.3 is 4.74 Å². The van der Waals surface area contributed by atoms with Crippen LogP contribution in [0.2, 0.25) is 0 Å². The van der Waals surface area contributed by atoms with Crippen LogP contribution in [0.4, 0.5) is 0 Å². The summed E-state index contributed by atoms with van der Waals surface area (Å²) in [5.41, 5.74) is 1.74. The number of ketones is 1. The van der Waals surface area contributed by atoms with Crippen molar-refractivity contribution < 1.29 is 9.53 Å². The van der Waals surface area contributed by atoms with E-state index in [0.29, 0.717) is 17.7 Å². The van der Waals surface area contributed by atoms with E-state index in [2.05, 4.69) is 22.9 Å². The molecule has 0 aliphatic carbocycles. The second kappa shape index (κ2) is 4.80. The van der Waals surface area contributed by atoms with Crippen molar-refractivity contribution in [3.05, 3.63) is 27.7 Å². The minimum Gasteiger partial charge on any atom is -0.477 e. The number of thioether (sulfide) groups is 1. The van der Waals surface area contributed by atoms with Gasteiger partial charge in [-0.3, -0.25) is 4.79 Å². The van der Waals surface area contributed by atoms with E-state index in [1.807, 2.05) is 19.1 Å². The van der Waals surface area contributed by atoms with Crippen LogP contribution in [0, 0.1) is 6.92 Å². The number of carbonyl (C=O) groups is 1. The lowest BCUT2D eigenvalue weighted by Gasteiger charge is -2.25. The van der Waals surface area contributed by atoms with Gasteiger partial charge in [0.05, 0.1) is 16.5 Å². The van der Waals surface area contributed by atoms with Gasteiger partial charge >= 0.3 is 0 Å². The zero-order valence-corrected chi connectivity index (χ0v) is 11.7. The molecule has 1 aromatic carbocycles. The first kappa shape index (κ1) is 12.0. The minimum absolute atomic E-state index is 0.0380. The van der Waals surface area contributed by atoms with Gasteiger partial charge in [0.25, 0.3) is 0 Å². The Morgan fingerprint density at radius 3 is 3.00 bits per heavy atom. The largest absolute Gasteiger partial charge is 0.477 e. The Hall–Kier alpha value is -0.480. The Morgan fingerprint density at radius 2 is 2.31 bits per heavy atom. The highest BCUT2D eigenvalue weighted by atomic mass is 79.9. The first-order valence-corrected chi connectivity index (χ1v) is 7.07. The van der Waals surface area contributed by atoms with Crippen LogP contribution in [-0.4, -0.2) is 17.0 Å². The Balaban J connectivity index is 2.38. The zero-order chi connectivity index (χ0) is 11.7. The van der Waals surface area contributed by atoms with Crippen LogP contribution in [0.1, 0.15) is 29.3 Å². The minimum atomic E-state index is -0.0380. The van der Waals surface area contributed by atoms with Crippen LogP contribution in [-0.2, 0) is 0 Å². The smallest absolute Gasteiger partial charge is 0.171 e. The Kier molecular flexibility index (Phi) is 3.60. The number of aryl methyl sites for hydroxylation is 1. The van der Waals surface area contributed by atoms with Crippen molar-refractivity contribution in [3.63, 3.8) is 0 Å². The van der Waals surface area contributed by atoms with Gasteiger partial charge in [-0.1, -0.05) is 6.92 Å². The van der Waals surface area contributed by atoms with Gasteiger partial charge in [-0.15, -0.1) is 11.8 Å². The molecule has 0 saturated heterocycles. The number of carbonyl (C=O) groups excluding carboxylic acids is 1. The molecule has 1 unspecified atom stereocenters. The fourth-order valence-electron chi connectivity index (χ4n) is 1.77. The molecule has 0 fully saturated rings. The van der Waals surface area contributed by atoms with Crippen LogP contribution in [0.3, 0.4) is 0 Å². The van der Waals surface area contributed by atoms with Crippen molar-refractivity contribution in [2.24, 2.45) is 0 Å². The molecule has 1 aliphatic rings. The summed E-state index contributed by atoms with van der Waals surface area (Å²) in [5, 5.41) is 0. The molecule has 0 radical (unpaired) electrons. The van der Waals surface area contributed by atoms with Crippen LogP contribution in [0.25, 0.3) is 0 Å². The van der Waals surface area contributed by atoms with Crippen LogP contribution < -0.4 is 4.74 Å². The van der Waals surface area contributed by atoms with Crippen LogP contribution in [0.15, 0.2) is 16.6 Å². The van der Waals surface area contributed by atoms with Crippen molar-refractivity contribution in [2.45, 2.75) is 25.7 Å². The number of fused-ring (bicyclic) bond motifs is 1. The molecule has 1 aromatic rings. The SMILES string of the molecule is CCSC1CC(=O)c2cc(C)cc(Br)c2O1. The van der Waals surface area contributed by atoms with Gasteiger partial charge in [0.15, 0.2) is 11.2 Å². The summed E-state index contributed by atoms with van der Waals surface area (Å²) in [6.07, 6.45) is 0.474. The van der Waals surface area contributed by atoms with E-state index < -0.39 is 0 Å². The summed E-state index contributed by atoms with van der Waals surface area (Å²) in [7, 11) is 0. The predicted octanol–water partition coefficient (Wildman–Crippen LogP) is 3.80. The summed E-state index contributed by atoms with van der Waals surface area (Å²) < 4.78 is 6.70. The topological polar surface area (TPSA) is 26.3 Å². The number of rotatable bonds is 2. The lowest BCUT2D eigenvalue weighted by molar-refractivity contribution is 0.0916. The molecule has 1 atom stereocenters. The third-order valence-corrected chi connectivity index (χ3v) is 4.00. The first-order chi connectivity index (χ1) is 7.61. The highest BCUT2D eigenvalue weighted by Crippen LogP contribution is 2.38. The number of hydrogen-bond acceptors (Lipinski definition) is 3. The van der Waals surface area contributed by atoms with E-state index in [1.165, 1.54) is 0 Å². The molecule has 1 aliphatic heterocycles. The van der Waals surface area contributed by atoms with Crippen molar-refractivity contribution >= 4 is 33.5 Å². The number of benzene rings is 1. The van der Waals surface area contributed by atoms with E-state index in [1.54, 1.807) is 11.8 Å². The Bertz CT molecular complexity index is 431. The van der Waals surface area contributed by atoms with Crippen molar-refractivity contribution in [2.75, 3.05) is 5.75 Å². The van der Waals surface area contributed by atoms with Gasteiger partial charge in [-0.25, -0.2) is 0 Å². The standard InChI is InChI=1S/C12H13BrO2S/c1-3-16-11-6-10(14)8-4-7(2)5-9(13)12(8)15-11/h4-5,11H,3,6H2,1-2H3. The van der Waals surface area contributed by atoms with Gasteiger partial charge in [-0.2, -0.15) is 0 Å². The van der Waals surface area contributed by atoms with Crippen LogP contribution >= 0.6 is 27.7 Å². The summed E-state index contributed by atoms with van der Waals surface area (Å²) >= 11 is 5.12. The average Bonchev–Trinajstić information content (AvgIpc) is 2.20. The monoisotopic (exact) mass is 300 g/mol. The maximum atomic E-state index is 12.0.